The average molecular weight is 491 g/mol. The van der Waals surface area contributed by atoms with Gasteiger partial charge in [0.2, 0.25) is 5.91 Å². The number of rotatable bonds is 8. The Kier molecular flexibility index (Phi) is 7.06. The number of ether oxygens (including phenoxy) is 2. The highest BCUT2D eigenvalue weighted by Gasteiger charge is 2.32. The number of Topliss-reactive ketones (excluding diaryl/α,β-unsaturated/α-hetero) is 1. The molecule has 0 bridgehead atoms. The highest BCUT2D eigenvalue weighted by molar-refractivity contribution is 6.21. The van der Waals surface area contributed by atoms with Gasteiger partial charge in [0.15, 0.2) is 5.78 Å². The normalized spacial score (nSPS) is 17.1. The van der Waals surface area contributed by atoms with Crippen molar-refractivity contribution in [2.45, 2.75) is 20.3 Å². The predicted molar refractivity (Wildman–Crippen MR) is 137 cm³/mol. The Balaban J connectivity index is 1.37. The average Bonchev–Trinajstić information content (AvgIpc) is 3.37. The Morgan fingerprint density at radius 2 is 1.97 bits per heavy atom. The van der Waals surface area contributed by atoms with Crippen LogP contribution in [0.25, 0.3) is 0 Å². The van der Waals surface area contributed by atoms with Crippen LogP contribution in [0.1, 0.15) is 34.8 Å². The van der Waals surface area contributed by atoms with Gasteiger partial charge in [0.1, 0.15) is 35.5 Å². The maximum atomic E-state index is 13.1. The third-order valence-corrected chi connectivity index (χ3v) is 6.43. The zero-order valence-corrected chi connectivity index (χ0v) is 20.6. The van der Waals surface area contributed by atoms with E-state index >= 15 is 0 Å². The maximum absolute atomic E-state index is 13.1. The standard InChI is InChI=1S/C26H30N6O4/c1-17-3-5-20-24(25(17)36-14-11-31-9-12-35-13-10-31)30-23(32-8-7-27-26(20)32)15-21(34)19-4-6-22(28-16-19)29-18(2)33/h3-6,16H,7-15H2,1-2H3,(H,28,29,33). The van der Waals surface area contributed by atoms with E-state index in [2.05, 4.69) is 15.2 Å². The molecule has 4 heterocycles. The number of pyridine rings is 1. The van der Waals surface area contributed by atoms with Crippen molar-refractivity contribution < 1.29 is 19.1 Å². The molecule has 0 aliphatic carbocycles. The Morgan fingerprint density at radius 3 is 2.72 bits per heavy atom. The fourth-order valence-corrected chi connectivity index (χ4v) is 4.56. The van der Waals surface area contributed by atoms with Crippen LogP contribution in [0.2, 0.25) is 0 Å². The van der Waals surface area contributed by atoms with E-state index in [1.165, 1.54) is 13.1 Å². The predicted octanol–water partition coefficient (Wildman–Crippen LogP) is 2.44. The molecule has 1 aromatic carbocycles. The fourth-order valence-electron chi connectivity index (χ4n) is 4.56. The second-order valence-corrected chi connectivity index (χ2v) is 9.01. The molecule has 1 amide bonds. The summed E-state index contributed by atoms with van der Waals surface area (Å²) in [5, 5.41) is 2.61. The Hall–Kier alpha value is -3.63. The van der Waals surface area contributed by atoms with E-state index in [4.69, 9.17) is 19.5 Å². The monoisotopic (exact) mass is 490 g/mol. The van der Waals surface area contributed by atoms with Gasteiger partial charge in [-0.25, -0.2) is 9.98 Å². The summed E-state index contributed by atoms with van der Waals surface area (Å²) in [4.78, 5) is 42.5. The molecule has 0 saturated carbocycles. The number of anilines is 1. The van der Waals surface area contributed by atoms with Crippen LogP contribution in [-0.2, 0) is 9.53 Å². The molecule has 0 spiro atoms. The summed E-state index contributed by atoms with van der Waals surface area (Å²) >= 11 is 0. The van der Waals surface area contributed by atoms with Crippen molar-refractivity contribution in [2.24, 2.45) is 9.98 Å². The molecule has 36 heavy (non-hydrogen) atoms. The second kappa shape index (κ2) is 10.5. The molecule has 10 nitrogen and oxygen atoms in total. The number of fused-ring (bicyclic) bond motifs is 3. The van der Waals surface area contributed by atoms with Gasteiger partial charge in [-0.3, -0.25) is 19.5 Å². The number of amides is 1. The quantitative estimate of drug-likeness (QED) is 0.566. The number of aliphatic imine (C=N–C) groups is 2. The zero-order chi connectivity index (χ0) is 25.1. The van der Waals surface area contributed by atoms with Crippen LogP contribution < -0.4 is 10.1 Å². The molecule has 3 aliphatic rings. The zero-order valence-electron chi connectivity index (χ0n) is 20.6. The summed E-state index contributed by atoms with van der Waals surface area (Å²) < 4.78 is 11.7. The first-order valence-corrected chi connectivity index (χ1v) is 12.2. The van der Waals surface area contributed by atoms with Gasteiger partial charge in [-0.05, 0) is 30.7 Å². The lowest BCUT2D eigenvalue weighted by atomic mass is 10.0. The Morgan fingerprint density at radius 1 is 1.14 bits per heavy atom. The van der Waals surface area contributed by atoms with Crippen molar-refractivity contribution >= 4 is 34.9 Å². The number of amidine groups is 2. The number of aryl methyl sites for hydroxylation is 1. The molecule has 2 aromatic rings. The molecule has 1 N–H and O–H groups in total. The number of nitrogens with one attached hydrogen (secondary N) is 1. The lowest BCUT2D eigenvalue weighted by molar-refractivity contribution is -0.114. The molecule has 10 heteroatoms. The molecule has 0 unspecified atom stereocenters. The van der Waals surface area contributed by atoms with Crippen LogP contribution in [0.5, 0.6) is 5.75 Å². The van der Waals surface area contributed by atoms with Crippen LogP contribution in [0, 0.1) is 6.92 Å². The first kappa shape index (κ1) is 24.1. The highest BCUT2D eigenvalue weighted by atomic mass is 16.5. The number of ketones is 1. The lowest BCUT2D eigenvalue weighted by Gasteiger charge is -2.29. The van der Waals surface area contributed by atoms with Crippen LogP contribution in [0.15, 0.2) is 40.4 Å². The Labute approximate surface area is 210 Å². The highest BCUT2D eigenvalue weighted by Crippen LogP contribution is 2.40. The second-order valence-electron chi connectivity index (χ2n) is 9.01. The molecular formula is C26H30N6O4. The fraction of sp³-hybridized carbons (Fsp3) is 0.423. The van der Waals surface area contributed by atoms with Gasteiger partial charge in [-0.2, -0.15) is 0 Å². The molecule has 1 saturated heterocycles. The number of hydrogen-bond acceptors (Lipinski definition) is 9. The van der Waals surface area contributed by atoms with Crippen molar-refractivity contribution in [1.82, 2.24) is 14.8 Å². The number of carbonyl (C=O) groups excluding carboxylic acids is 2. The van der Waals surface area contributed by atoms with Crippen molar-refractivity contribution in [3.63, 3.8) is 0 Å². The minimum Gasteiger partial charge on any atom is -0.490 e. The number of carbonyl (C=O) groups is 2. The minimum atomic E-state index is -0.212. The van der Waals surface area contributed by atoms with Crippen molar-refractivity contribution in [1.29, 1.82) is 0 Å². The summed E-state index contributed by atoms with van der Waals surface area (Å²) in [6, 6.07) is 7.36. The van der Waals surface area contributed by atoms with Gasteiger partial charge < -0.3 is 19.7 Å². The molecule has 0 radical (unpaired) electrons. The largest absolute Gasteiger partial charge is 0.490 e. The van der Waals surface area contributed by atoms with E-state index in [1.54, 1.807) is 12.1 Å². The number of hydrogen-bond donors (Lipinski definition) is 1. The van der Waals surface area contributed by atoms with Gasteiger partial charge in [-0.15, -0.1) is 0 Å². The number of nitrogens with zero attached hydrogens (tertiary/aromatic N) is 5. The van der Waals surface area contributed by atoms with Gasteiger partial charge in [0.05, 0.1) is 26.2 Å². The van der Waals surface area contributed by atoms with Gasteiger partial charge in [0.25, 0.3) is 0 Å². The SMILES string of the molecule is CC(=O)Nc1ccc(C(=O)CC2=Nc3c(ccc(C)c3OCCN3CCOCC3)C3=NCCN23)cn1. The molecule has 0 atom stereocenters. The smallest absolute Gasteiger partial charge is 0.222 e. The van der Waals surface area contributed by atoms with E-state index in [9.17, 15) is 9.59 Å². The van der Waals surface area contributed by atoms with Crippen molar-refractivity contribution in [2.75, 3.05) is 57.9 Å². The first-order chi connectivity index (χ1) is 17.5. The third kappa shape index (κ3) is 5.14. The Bertz CT molecular complexity index is 1220. The summed E-state index contributed by atoms with van der Waals surface area (Å²) in [6.07, 6.45) is 1.59. The number of aromatic nitrogens is 1. The summed E-state index contributed by atoms with van der Waals surface area (Å²) in [6.45, 7) is 9.44. The number of benzene rings is 1. The number of morpholine rings is 1. The van der Waals surface area contributed by atoms with Gasteiger partial charge in [0, 0.05) is 50.4 Å². The van der Waals surface area contributed by atoms with E-state index < -0.39 is 0 Å². The summed E-state index contributed by atoms with van der Waals surface area (Å²) in [5.74, 6) is 2.31. The van der Waals surface area contributed by atoms with Crippen molar-refractivity contribution in [3.05, 3.63) is 47.2 Å². The van der Waals surface area contributed by atoms with Crippen LogP contribution >= 0.6 is 0 Å². The van der Waals surface area contributed by atoms with E-state index in [0.717, 1.165) is 61.2 Å². The first-order valence-electron chi connectivity index (χ1n) is 12.2. The third-order valence-electron chi connectivity index (χ3n) is 6.43. The topological polar surface area (TPSA) is 109 Å². The van der Waals surface area contributed by atoms with Crippen LogP contribution in [-0.4, -0.2) is 90.7 Å². The molecule has 5 rings (SSSR count). The summed E-state index contributed by atoms with van der Waals surface area (Å²) in [7, 11) is 0. The molecule has 188 valence electrons. The maximum Gasteiger partial charge on any atom is 0.222 e. The minimum absolute atomic E-state index is 0.104. The summed E-state index contributed by atoms with van der Waals surface area (Å²) in [5.41, 5.74) is 3.12. The molecule has 1 aromatic heterocycles. The van der Waals surface area contributed by atoms with E-state index in [0.29, 0.717) is 36.9 Å². The molecule has 1 fully saturated rings. The van der Waals surface area contributed by atoms with Crippen LogP contribution in [0.4, 0.5) is 11.5 Å². The lowest BCUT2D eigenvalue weighted by Crippen LogP contribution is -2.39. The van der Waals surface area contributed by atoms with Gasteiger partial charge in [-0.1, -0.05) is 6.07 Å². The van der Waals surface area contributed by atoms with Crippen molar-refractivity contribution in [3.8, 4) is 5.75 Å². The van der Waals surface area contributed by atoms with E-state index in [-0.39, 0.29) is 18.1 Å². The molecular weight excluding hydrogens is 460 g/mol. The molecule has 3 aliphatic heterocycles. The van der Waals surface area contributed by atoms with E-state index in [1.807, 2.05) is 24.0 Å². The van der Waals surface area contributed by atoms with Crippen LogP contribution in [0.3, 0.4) is 0 Å². The van der Waals surface area contributed by atoms with Gasteiger partial charge >= 0.3 is 0 Å².